The van der Waals surface area contributed by atoms with Crippen molar-refractivity contribution >= 4 is 56.6 Å². The fraction of sp³-hybridized carbons (Fsp3) is 0.842. The molecule has 1 aromatic rings. The lowest BCUT2D eigenvalue weighted by atomic mass is 10.1. The van der Waals surface area contributed by atoms with E-state index in [1.807, 2.05) is 0 Å². The number of anilines is 2. The van der Waals surface area contributed by atoms with E-state index in [1.54, 1.807) is 0 Å². The predicted octanol–water partition coefficient (Wildman–Crippen LogP) is 14.0. The first-order chi connectivity index (χ1) is 20.6. The Morgan fingerprint density at radius 3 is 0.857 bits per heavy atom. The molecule has 246 valence electrons. The van der Waals surface area contributed by atoms with Gasteiger partial charge in [-0.25, -0.2) is 0 Å². The van der Waals surface area contributed by atoms with Gasteiger partial charge in [-0.05, 0) is 83.0 Å². The molecule has 1 rings (SSSR count). The van der Waals surface area contributed by atoms with Gasteiger partial charge in [0.15, 0.2) is 0 Å². The quantitative estimate of drug-likeness (QED) is 0.0564. The summed E-state index contributed by atoms with van der Waals surface area (Å²) < 4.78 is 2.88. The highest BCUT2D eigenvalue weighted by Crippen LogP contribution is 2.34. The molecule has 4 heteroatoms. The standard InChI is InChI=1S/C38H70I2N2/c1-5-9-13-17-21-25-29-41(30-26-22-18-14-10-6-2)37-34-38(36(40)33-35(37)39)42(31-27-23-19-15-11-7-3)32-28-24-20-16-12-8-4/h33-34H,5-32H2,1-4H3. The summed E-state index contributed by atoms with van der Waals surface area (Å²) in [5.74, 6) is 0. The maximum absolute atomic E-state index is 2.77. The smallest absolute Gasteiger partial charge is 0.0523 e. The number of halogens is 2. The molecule has 2 nitrogen and oxygen atoms in total. The van der Waals surface area contributed by atoms with Gasteiger partial charge in [0.25, 0.3) is 0 Å². The molecule has 0 aliphatic heterocycles. The van der Waals surface area contributed by atoms with Crippen LogP contribution in [0, 0.1) is 7.14 Å². The van der Waals surface area contributed by atoms with Crippen LogP contribution in [-0.2, 0) is 0 Å². The minimum absolute atomic E-state index is 1.21. The maximum atomic E-state index is 2.77. The van der Waals surface area contributed by atoms with E-state index in [0.717, 1.165) is 0 Å². The Hall–Kier alpha value is 0.280. The lowest BCUT2D eigenvalue weighted by Crippen LogP contribution is -2.29. The average Bonchev–Trinajstić information content (AvgIpc) is 2.98. The first-order valence-corrected chi connectivity index (χ1v) is 20.7. The van der Waals surface area contributed by atoms with Gasteiger partial charge in [-0.2, -0.15) is 0 Å². The summed E-state index contributed by atoms with van der Waals surface area (Å²) in [4.78, 5) is 5.54. The fourth-order valence-corrected chi connectivity index (χ4v) is 8.26. The minimum Gasteiger partial charge on any atom is -0.371 e. The van der Waals surface area contributed by atoms with Gasteiger partial charge in [0, 0.05) is 33.3 Å². The molecule has 1 aromatic carbocycles. The van der Waals surface area contributed by atoms with Crippen LogP contribution >= 0.6 is 45.2 Å². The second-order valence-electron chi connectivity index (χ2n) is 12.8. The molecule has 0 bridgehead atoms. The van der Waals surface area contributed by atoms with Gasteiger partial charge < -0.3 is 9.80 Å². The van der Waals surface area contributed by atoms with Crippen LogP contribution in [0.5, 0.6) is 0 Å². The summed E-state index contributed by atoms with van der Waals surface area (Å²) in [6, 6.07) is 5.09. The molecule has 0 N–H and O–H groups in total. The van der Waals surface area contributed by atoms with E-state index < -0.39 is 0 Å². The molecule has 0 saturated carbocycles. The molecule has 0 unspecified atom stereocenters. The Balaban J connectivity index is 3.01. The van der Waals surface area contributed by atoms with E-state index in [2.05, 4.69) is 94.8 Å². The highest BCUT2D eigenvalue weighted by atomic mass is 127. The van der Waals surface area contributed by atoms with E-state index in [9.17, 15) is 0 Å². The first kappa shape index (κ1) is 40.3. The molecule has 0 aliphatic carbocycles. The molecule has 0 heterocycles. The normalized spacial score (nSPS) is 11.4. The highest BCUT2D eigenvalue weighted by Gasteiger charge is 2.17. The number of benzene rings is 1. The zero-order valence-electron chi connectivity index (χ0n) is 28.6. The van der Waals surface area contributed by atoms with Gasteiger partial charge >= 0.3 is 0 Å². The van der Waals surface area contributed by atoms with Crippen LogP contribution in [0.2, 0.25) is 0 Å². The van der Waals surface area contributed by atoms with E-state index >= 15 is 0 Å². The summed E-state index contributed by atoms with van der Waals surface area (Å²) in [5, 5.41) is 0. The Bertz CT molecular complexity index is 649. The van der Waals surface area contributed by atoms with Gasteiger partial charge in [0.1, 0.15) is 0 Å². The van der Waals surface area contributed by atoms with Crippen molar-refractivity contribution in [2.75, 3.05) is 36.0 Å². The van der Waals surface area contributed by atoms with Crippen molar-refractivity contribution in [3.63, 3.8) is 0 Å². The Morgan fingerprint density at radius 2 is 0.595 bits per heavy atom. The van der Waals surface area contributed by atoms with Crippen molar-refractivity contribution in [3.05, 3.63) is 19.3 Å². The Labute approximate surface area is 291 Å². The molecule has 0 fully saturated rings. The fourth-order valence-electron chi connectivity index (χ4n) is 6.05. The van der Waals surface area contributed by atoms with Gasteiger partial charge in [-0.1, -0.05) is 156 Å². The van der Waals surface area contributed by atoms with Gasteiger partial charge in [0.2, 0.25) is 0 Å². The summed E-state index contributed by atoms with van der Waals surface area (Å²) in [5.41, 5.74) is 3.01. The summed E-state index contributed by atoms with van der Waals surface area (Å²) in [7, 11) is 0. The maximum Gasteiger partial charge on any atom is 0.0523 e. The van der Waals surface area contributed by atoms with Crippen molar-refractivity contribution in [2.24, 2.45) is 0 Å². The van der Waals surface area contributed by atoms with Crippen LogP contribution < -0.4 is 9.80 Å². The summed E-state index contributed by atoms with van der Waals surface area (Å²) in [6.45, 7) is 14.1. The average molecular weight is 809 g/mol. The molecular formula is C38H70I2N2. The zero-order chi connectivity index (χ0) is 30.7. The lowest BCUT2D eigenvalue weighted by Gasteiger charge is -2.31. The Morgan fingerprint density at radius 1 is 0.357 bits per heavy atom. The third-order valence-electron chi connectivity index (χ3n) is 8.82. The number of unbranched alkanes of at least 4 members (excludes halogenated alkanes) is 20. The molecular weight excluding hydrogens is 738 g/mol. The van der Waals surface area contributed by atoms with Crippen molar-refractivity contribution in [3.8, 4) is 0 Å². The van der Waals surface area contributed by atoms with Crippen LogP contribution in [0.3, 0.4) is 0 Å². The van der Waals surface area contributed by atoms with Gasteiger partial charge in [-0.15, -0.1) is 0 Å². The topological polar surface area (TPSA) is 6.48 Å². The van der Waals surface area contributed by atoms with Crippen molar-refractivity contribution in [1.82, 2.24) is 0 Å². The minimum atomic E-state index is 1.21. The van der Waals surface area contributed by atoms with E-state index in [4.69, 9.17) is 0 Å². The molecule has 0 saturated heterocycles. The van der Waals surface area contributed by atoms with Crippen LogP contribution in [0.15, 0.2) is 12.1 Å². The number of hydrogen-bond donors (Lipinski definition) is 0. The summed E-state index contributed by atoms with van der Waals surface area (Å²) >= 11 is 5.26. The molecule has 0 atom stereocenters. The number of rotatable bonds is 30. The van der Waals surface area contributed by atoms with Crippen molar-refractivity contribution < 1.29 is 0 Å². The molecule has 0 aromatic heterocycles. The summed E-state index contributed by atoms with van der Waals surface area (Å²) in [6.07, 6.45) is 33.0. The van der Waals surface area contributed by atoms with Crippen molar-refractivity contribution in [1.29, 1.82) is 0 Å². The second-order valence-corrected chi connectivity index (χ2v) is 15.1. The number of nitrogens with zero attached hydrogens (tertiary/aromatic N) is 2. The van der Waals surface area contributed by atoms with Crippen molar-refractivity contribution in [2.45, 2.75) is 182 Å². The first-order valence-electron chi connectivity index (χ1n) is 18.6. The zero-order valence-corrected chi connectivity index (χ0v) is 32.9. The molecule has 0 radical (unpaired) electrons. The second kappa shape index (κ2) is 28.7. The van der Waals surface area contributed by atoms with Gasteiger partial charge in [-0.3, -0.25) is 0 Å². The lowest BCUT2D eigenvalue weighted by molar-refractivity contribution is 0.572. The largest absolute Gasteiger partial charge is 0.371 e. The third kappa shape index (κ3) is 19.6. The Kier molecular flexibility index (Phi) is 27.6. The van der Waals surface area contributed by atoms with Crippen LogP contribution in [0.25, 0.3) is 0 Å². The molecule has 42 heavy (non-hydrogen) atoms. The van der Waals surface area contributed by atoms with Crippen LogP contribution in [0.1, 0.15) is 182 Å². The monoisotopic (exact) mass is 808 g/mol. The number of hydrogen-bond acceptors (Lipinski definition) is 2. The molecule has 0 spiro atoms. The van der Waals surface area contributed by atoms with E-state index in [-0.39, 0.29) is 0 Å². The third-order valence-corrected chi connectivity index (χ3v) is 10.6. The molecule has 0 amide bonds. The van der Waals surface area contributed by atoms with Gasteiger partial charge in [0.05, 0.1) is 11.4 Å². The molecule has 0 aliphatic rings. The predicted molar refractivity (Wildman–Crippen MR) is 210 cm³/mol. The van der Waals surface area contributed by atoms with E-state index in [1.165, 1.54) is 199 Å². The van der Waals surface area contributed by atoms with Crippen LogP contribution in [0.4, 0.5) is 11.4 Å². The van der Waals surface area contributed by atoms with Crippen LogP contribution in [-0.4, -0.2) is 26.2 Å². The van der Waals surface area contributed by atoms with E-state index in [0.29, 0.717) is 0 Å². The highest BCUT2D eigenvalue weighted by molar-refractivity contribution is 14.1. The SMILES string of the molecule is CCCCCCCCN(CCCCCCCC)c1cc(N(CCCCCCCC)CCCCCCCC)c(I)cc1I.